The molecule has 81 heavy (non-hydrogen) atoms. The number of thioether (sulfide) groups is 1. The number of unbranched alkanes of at least 4 members (excludes halogenated alkanes) is 4. The highest BCUT2D eigenvalue weighted by atomic mass is 32.2. The zero-order valence-corrected chi connectivity index (χ0v) is 49.4. The summed E-state index contributed by atoms with van der Waals surface area (Å²) in [7, 11) is 0. The van der Waals surface area contributed by atoms with Crippen LogP contribution in [0.4, 0.5) is 0 Å². The van der Waals surface area contributed by atoms with Gasteiger partial charge < -0.3 is 81.6 Å². The highest BCUT2D eigenvalue weighted by Crippen LogP contribution is 2.14. The van der Waals surface area contributed by atoms with Gasteiger partial charge in [0.15, 0.2) is 0 Å². The monoisotopic (exact) mass is 1160 g/mol. The summed E-state index contributed by atoms with van der Waals surface area (Å²) in [5.41, 5.74) is 29.4. The number of nitrogens with one attached hydrogen (secondary N) is 9. The minimum absolute atomic E-state index is 0.00668. The van der Waals surface area contributed by atoms with Crippen molar-refractivity contribution >= 4 is 70.9 Å². The van der Waals surface area contributed by atoms with Gasteiger partial charge in [0.05, 0.1) is 12.6 Å². The second kappa shape index (κ2) is 42.0. The Hall–Kier alpha value is -5.93. The average molecular weight is 1160 g/mol. The average Bonchev–Trinajstić information content (AvgIpc) is 3.44. The van der Waals surface area contributed by atoms with E-state index in [1.807, 2.05) is 13.2 Å². The van der Waals surface area contributed by atoms with Crippen LogP contribution < -0.4 is 76.5 Å². The van der Waals surface area contributed by atoms with Gasteiger partial charge in [-0.1, -0.05) is 77.3 Å². The Labute approximate surface area is 482 Å². The number of amides is 9. The van der Waals surface area contributed by atoms with Gasteiger partial charge >= 0.3 is 5.97 Å². The molecule has 0 radical (unpaired) electrons. The van der Waals surface area contributed by atoms with Crippen molar-refractivity contribution in [1.82, 2.24) is 47.9 Å². The molecule has 1 aromatic rings. The van der Waals surface area contributed by atoms with Crippen molar-refractivity contribution in [3.63, 3.8) is 0 Å². The zero-order valence-electron chi connectivity index (χ0n) is 48.6. The number of aliphatic carboxylic acids is 1. The molecule has 1 rings (SSSR count). The molecule has 0 bridgehead atoms. The normalized spacial score (nSPS) is 15.2. The molecule has 0 aliphatic heterocycles. The van der Waals surface area contributed by atoms with Gasteiger partial charge in [-0.05, 0) is 140 Å². The van der Waals surface area contributed by atoms with E-state index in [0.717, 1.165) is 0 Å². The summed E-state index contributed by atoms with van der Waals surface area (Å²) in [5.74, 6) is -7.85. The highest BCUT2D eigenvalue weighted by Gasteiger charge is 2.36. The minimum Gasteiger partial charge on any atom is -0.480 e. The number of carbonyl (C=O) groups excluding carboxylic acids is 9. The summed E-state index contributed by atoms with van der Waals surface area (Å²) in [6.07, 6.45) is 7.91. The lowest BCUT2D eigenvalue weighted by Gasteiger charge is -2.29. The van der Waals surface area contributed by atoms with Crippen LogP contribution in [0.1, 0.15) is 136 Å². The quantitative estimate of drug-likeness (QED) is 0.0349. The fraction of sp³-hybridized carbons (Fsp3) is 0.709. The maximum absolute atomic E-state index is 14.2. The van der Waals surface area contributed by atoms with Gasteiger partial charge in [-0.3, -0.25) is 43.2 Å². The third-order valence-corrected chi connectivity index (χ3v) is 14.6. The van der Waals surface area contributed by atoms with Gasteiger partial charge in [-0.15, -0.1) is 0 Å². The van der Waals surface area contributed by atoms with Crippen LogP contribution >= 0.6 is 11.8 Å². The molecule has 25 nitrogen and oxygen atoms in total. The first-order valence-electron chi connectivity index (χ1n) is 28.6. The number of carbonyl (C=O) groups is 10. The maximum atomic E-state index is 14.2. The number of hydrogen-bond acceptors (Lipinski definition) is 16. The molecular formula is C55H98N14O11S. The van der Waals surface area contributed by atoms with Crippen LogP contribution in [0.5, 0.6) is 0 Å². The SMILES string of the molecule is CC[C@H](C)[C@H](NC(=O)CNC(=O)[C@H](C)NC(=O)[C@H](Cc1ccccc1)NC(=O)[C@@H](NC(=O)[C@H](CCSC)NC(=O)[C@@H](N)CCCCN)[C@@H](C)CC)C(=O)N[C@@H](CCCCN)C(=O)N[C@@H](CCCCN)C(=O)N[C@@H](CCCCN)C(=O)O. The van der Waals surface area contributed by atoms with Crippen molar-refractivity contribution in [2.24, 2.45) is 40.5 Å². The summed E-state index contributed by atoms with van der Waals surface area (Å²) in [6.45, 7) is 9.29. The van der Waals surface area contributed by atoms with Crippen molar-refractivity contribution < 1.29 is 53.1 Å². The van der Waals surface area contributed by atoms with Crippen molar-refractivity contribution in [2.75, 3.05) is 44.7 Å². The van der Waals surface area contributed by atoms with Crippen LogP contribution in [0.15, 0.2) is 30.3 Å². The van der Waals surface area contributed by atoms with Crippen LogP contribution in [0.2, 0.25) is 0 Å². The Balaban J connectivity index is 3.27. The topological polar surface area (TPSA) is 429 Å². The predicted molar refractivity (Wildman–Crippen MR) is 313 cm³/mol. The third-order valence-electron chi connectivity index (χ3n) is 14.0. The number of benzene rings is 1. The smallest absolute Gasteiger partial charge is 0.326 e. The standard InChI is InChI=1S/C55H98N14O11S/c1-7-34(3)45(53(77)65-40(24-14-18-29-58)49(73)64-39(23-13-17-28-57)50(74)66-42(55(79)80)25-15-19-30-59)68-44(70)33-61-47(71)36(5)62-52(76)43(32-37-20-10-9-11-21-37)67-54(78)46(35(4)8-2)69-51(75)41(26-31-81-6)63-48(72)38(60)22-12-16-27-56/h9-11,20-21,34-36,38-43,45-46H,7-8,12-19,22-33,56-60H2,1-6H3,(H,61,71)(H,62,76)(H,63,72)(H,64,73)(H,65,77)(H,66,74)(H,67,78)(H,68,70)(H,69,75)(H,79,80)/t34-,35-,36-,38-,39-,40-,41-,42-,43-,45-,46-/m0/s1. The molecule has 20 N–H and O–H groups in total. The van der Waals surface area contributed by atoms with E-state index in [9.17, 15) is 53.1 Å². The first-order valence-corrected chi connectivity index (χ1v) is 30.0. The summed E-state index contributed by atoms with van der Waals surface area (Å²) in [4.78, 5) is 136. The third kappa shape index (κ3) is 29.1. The second-order valence-corrected chi connectivity index (χ2v) is 21.6. The van der Waals surface area contributed by atoms with Crippen LogP contribution in [0.3, 0.4) is 0 Å². The van der Waals surface area contributed by atoms with Gasteiger partial charge in [-0.25, -0.2) is 4.79 Å². The lowest BCUT2D eigenvalue weighted by Crippen LogP contribution is -2.60. The number of rotatable bonds is 44. The number of nitrogens with two attached hydrogens (primary N) is 5. The summed E-state index contributed by atoms with van der Waals surface area (Å²) >= 11 is 1.48. The van der Waals surface area contributed by atoms with Crippen LogP contribution in [0.25, 0.3) is 0 Å². The van der Waals surface area contributed by atoms with E-state index in [4.69, 9.17) is 28.7 Å². The van der Waals surface area contributed by atoms with Crippen molar-refractivity contribution in [3.05, 3.63) is 35.9 Å². The maximum Gasteiger partial charge on any atom is 0.326 e. The van der Waals surface area contributed by atoms with E-state index in [2.05, 4.69) is 47.9 Å². The Morgan fingerprint density at radius 3 is 1.37 bits per heavy atom. The van der Waals surface area contributed by atoms with Gasteiger partial charge in [0.1, 0.15) is 48.3 Å². The summed E-state index contributed by atoms with van der Waals surface area (Å²) < 4.78 is 0. The summed E-state index contributed by atoms with van der Waals surface area (Å²) in [6, 6.07) is -1.47. The Morgan fingerprint density at radius 1 is 0.481 bits per heavy atom. The fourth-order valence-corrected chi connectivity index (χ4v) is 8.88. The number of hydrogen-bond donors (Lipinski definition) is 15. The molecule has 9 amide bonds. The van der Waals surface area contributed by atoms with Crippen molar-refractivity contribution in [2.45, 2.75) is 192 Å². The van der Waals surface area contributed by atoms with Crippen molar-refractivity contribution in [1.29, 1.82) is 0 Å². The zero-order chi connectivity index (χ0) is 60.9. The Kier molecular flexibility index (Phi) is 37.9. The number of carboxylic acid groups (broad SMARTS) is 1. The molecule has 11 atom stereocenters. The summed E-state index contributed by atoms with van der Waals surface area (Å²) in [5, 5.41) is 33.8. The molecular weight excluding hydrogens is 1060 g/mol. The molecule has 0 aliphatic carbocycles. The van der Waals surface area contributed by atoms with Gasteiger partial charge in [0.25, 0.3) is 0 Å². The molecule has 0 unspecified atom stereocenters. The molecule has 0 saturated carbocycles. The molecule has 0 heterocycles. The second-order valence-electron chi connectivity index (χ2n) is 20.6. The van der Waals surface area contributed by atoms with Gasteiger partial charge in [-0.2, -0.15) is 11.8 Å². The molecule has 0 fully saturated rings. The van der Waals surface area contributed by atoms with Crippen LogP contribution in [-0.4, -0.2) is 163 Å². The first-order chi connectivity index (χ1) is 38.6. The van der Waals surface area contributed by atoms with E-state index in [1.54, 1.807) is 51.1 Å². The molecule has 0 spiro atoms. The Morgan fingerprint density at radius 2 is 0.889 bits per heavy atom. The molecule has 26 heteroatoms. The lowest BCUT2D eigenvalue weighted by atomic mass is 9.96. The molecule has 0 aromatic heterocycles. The fourth-order valence-electron chi connectivity index (χ4n) is 8.41. The van der Waals surface area contributed by atoms with E-state index >= 15 is 0 Å². The van der Waals surface area contributed by atoms with Gasteiger partial charge in [0, 0.05) is 6.42 Å². The van der Waals surface area contributed by atoms with E-state index in [0.29, 0.717) is 108 Å². The van der Waals surface area contributed by atoms with Gasteiger partial charge in [0.2, 0.25) is 53.2 Å². The van der Waals surface area contributed by atoms with E-state index < -0.39 is 132 Å². The minimum atomic E-state index is -1.25. The molecule has 460 valence electrons. The number of carboxylic acids is 1. The Bertz CT molecular complexity index is 2100. The molecule has 0 aliphatic rings. The molecule has 1 aromatic carbocycles. The van der Waals surface area contributed by atoms with Crippen LogP contribution in [0, 0.1) is 11.8 Å². The lowest BCUT2D eigenvalue weighted by molar-refractivity contribution is -0.142. The largest absolute Gasteiger partial charge is 0.480 e. The highest BCUT2D eigenvalue weighted by molar-refractivity contribution is 7.98. The predicted octanol–water partition coefficient (Wildman–Crippen LogP) is -0.983. The van der Waals surface area contributed by atoms with Crippen LogP contribution in [-0.2, 0) is 54.4 Å². The molecule has 0 saturated heterocycles. The van der Waals surface area contributed by atoms with E-state index in [1.165, 1.54) is 18.7 Å². The first kappa shape index (κ1) is 73.1. The van der Waals surface area contributed by atoms with Crippen molar-refractivity contribution in [3.8, 4) is 0 Å². The van der Waals surface area contributed by atoms with E-state index in [-0.39, 0.29) is 32.1 Å².